The van der Waals surface area contributed by atoms with E-state index in [0.29, 0.717) is 24.0 Å². The number of ketones is 1. The van der Waals surface area contributed by atoms with Crippen LogP contribution in [0.5, 0.6) is 0 Å². The van der Waals surface area contributed by atoms with Crippen LogP contribution >= 0.6 is 0 Å². The van der Waals surface area contributed by atoms with Gasteiger partial charge in [0.15, 0.2) is 0 Å². The highest BCUT2D eigenvalue weighted by atomic mass is 16.1. The van der Waals surface area contributed by atoms with E-state index in [-0.39, 0.29) is 0 Å². The van der Waals surface area contributed by atoms with Gasteiger partial charge < -0.3 is 0 Å². The van der Waals surface area contributed by atoms with E-state index >= 15 is 0 Å². The molecule has 0 saturated heterocycles. The summed E-state index contributed by atoms with van der Waals surface area (Å²) in [5.41, 5.74) is 0. The fourth-order valence-electron chi connectivity index (χ4n) is 1.63. The van der Waals surface area contributed by atoms with Crippen molar-refractivity contribution in [1.82, 2.24) is 14.8 Å². The summed E-state index contributed by atoms with van der Waals surface area (Å²) in [4.78, 5) is 15.8. The lowest BCUT2D eigenvalue weighted by atomic mass is 10.2. The number of rotatable bonds is 5. The maximum atomic E-state index is 11.6. The molecule has 0 bridgehead atoms. The van der Waals surface area contributed by atoms with Crippen LogP contribution in [-0.4, -0.2) is 20.5 Å². The molecule has 1 aromatic rings. The standard InChI is InChI=1S/C11H17N3O/c1-8(2)6-14-11(12-7-13-14)5-10(15)9-3-4-9/h7-9H,3-6H2,1-2H3. The molecular formula is C11H17N3O. The smallest absolute Gasteiger partial charge is 0.143 e. The Kier molecular flexibility index (Phi) is 2.84. The molecule has 1 saturated carbocycles. The zero-order valence-electron chi connectivity index (χ0n) is 9.31. The molecule has 0 aromatic carbocycles. The van der Waals surface area contributed by atoms with E-state index in [1.165, 1.54) is 6.33 Å². The molecule has 82 valence electrons. The highest BCUT2D eigenvalue weighted by Gasteiger charge is 2.30. The molecule has 1 aliphatic carbocycles. The largest absolute Gasteiger partial charge is 0.299 e. The monoisotopic (exact) mass is 207 g/mol. The topological polar surface area (TPSA) is 47.8 Å². The van der Waals surface area contributed by atoms with Gasteiger partial charge in [-0.15, -0.1) is 0 Å². The van der Waals surface area contributed by atoms with Crippen molar-refractivity contribution in [1.29, 1.82) is 0 Å². The minimum atomic E-state index is 0.314. The third kappa shape index (κ3) is 2.64. The molecule has 0 unspecified atom stereocenters. The fraction of sp³-hybridized carbons (Fsp3) is 0.727. The molecule has 0 N–H and O–H groups in total. The second-order valence-corrected chi connectivity index (χ2v) is 4.67. The fourth-order valence-corrected chi connectivity index (χ4v) is 1.63. The molecule has 4 heteroatoms. The first-order valence-corrected chi connectivity index (χ1v) is 5.56. The average Bonchev–Trinajstić information content (AvgIpc) is 2.92. The van der Waals surface area contributed by atoms with Crippen LogP contribution in [0.3, 0.4) is 0 Å². The molecule has 0 atom stereocenters. The van der Waals surface area contributed by atoms with Crippen molar-refractivity contribution in [2.24, 2.45) is 11.8 Å². The Hall–Kier alpha value is -1.19. The van der Waals surface area contributed by atoms with Crippen LogP contribution in [0.15, 0.2) is 6.33 Å². The normalized spacial score (nSPS) is 15.9. The average molecular weight is 207 g/mol. The molecule has 2 rings (SSSR count). The van der Waals surface area contributed by atoms with Crippen molar-refractivity contribution >= 4 is 5.78 Å². The first kappa shape index (κ1) is 10.3. The van der Waals surface area contributed by atoms with Crippen LogP contribution in [-0.2, 0) is 17.8 Å². The number of carbonyl (C=O) groups is 1. The van der Waals surface area contributed by atoms with Gasteiger partial charge in [-0.2, -0.15) is 5.10 Å². The lowest BCUT2D eigenvalue weighted by molar-refractivity contribution is -0.119. The predicted octanol–water partition coefficient (Wildman–Crippen LogP) is 1.46. The third-order valence-corrected chi connectivity index (χ3v) is 2.60. The van der Waals surface area contributed by atoms with Gasteiger partial charge in [0.2, 0.25) is 0 Å². The number of hydrogen-bond donors (Lipinski definition) is 0. The summed E-state index contributed by atoms with van der Waals surface area (Å²) in [7, 11) is 0. The molecule has 1 fully saturated rings. The van der Waals surface area contributed by atoms with Gasteiger partial charge in [0.05, 0.1) is 6.42 Å². The summed E-state index contributed by atoms with van der Waals surface area (Å²) in [6.07, 6.45) is 4.13. The lowest BCUT2D eigenvalue weighted by Crippen LogP contribution is -2.14. The predicted molar refractivity (Wildman–Crippen MR) is 56.3 cm³/mol. The van der Waals surface area contributed by atoms with Gasteiger partial charge >= 0.3 is 0 Å². The highest BCUT2D eigenvalue weighted by Crippen LogP contribution is 2.30. The molecular weight excluding hydrogens is 190 g/mol. The molecule has 15 heavy (non-hydrogen) atoms. The first-order valence-electron chi connectivity index (χ1n) is 5.56. The summed E-state index contributed by atoms with van der Waals surface area (Å²) in [6.45, 7) is 5.11. The van der Waals surface area contributed by atoms with Crippen molar-refractivity contribution in [3.63, 3.8) is 0 Å². The SMILES string of the molecule is CC(C)Cn1ncnc1CC(=O)C1CC1. The van der Waals surface area contributed by atoms with E-state index in [2.05, 4.69) is 23.9 Å². The van der Waals surface area contributed by atoms with Gasteiger partial charge in [0.25, 0.3) is 0 Å². The summed E-state index contributed by atoms with van der Waals surface area (Å²) in [5.74, 6) is 1.99. The van der Waals surface area contributed by atoms with E-state index in [1.54, 1.807) is 0 Å². The Balaban J connectivity index is 2.00. The molecule has 0 spiro atoms. The third-order valence-electron chi connectivity index (χ3n) is 2.60. The Morgan fingerprint density at radius 3 is 2.93 bits per heavy atom. The van der Waals surface area contributed by atoms with E-state index in [1.807, 2.05) is 4.68 Å². The molecule has 1 aliphatic rings. The maximum absolute atomic E-state index is 11.6. The number of hydrogen-bond acceptors (Lipinski definition) is 3. The molecule has 4 nitrogen and oxygen atoms in total. The second-order valence-electron chi connectivity index (χ2n) is 4.67. The van der Waals surface area contributed by atoms with Crippen molar-refractivity contribution in [3.8, 4) is 0 Å². The van der Waals surface area contributed by atoms with Crippen molar-refractivity contribution < 1.29 is 4.79 Å². The van der Waals surface area contributed by atoms with Crippen LogP contribution in [0.4, 0.5) is 0 Å². The van der Waals surface area contributed by atoms with Crippen LogP contribution in [0.2, 0.25) is 0 Å². The van der Waals surface area contributed by atoms with Crippen molar-refractivity contribution in [3.05, 3.63) is 12.2 Å². The zero-order chi connectivity index (χ0) is 10.8. The zero-order valence-corrected chi connectivity index (χ0v) is 9.31. The van der Waals surface area contributed by atoms with Crippen LogP contribution in [0.1, 0.15) is 32.5 Å². The number of carbonyl (C=O) groups excluding carboxylic acids is 1. The Morgan fingerprint density at radius 2 is 2.33 bits per heavy atom. The Bertz CT molecular complexity index is 352. The van der Waals surface area contributed by atoms with E-state index in [9.17, 15) is 4.79 Å². The van der Waals surface area contributed by atoms with Crippen molar-refractivity contribution in [2.75, 3.05) is 0 Å². The van der Waals surface area contributed by atoms with E-state index < -0.39 is 0 Å². The Morgan fingerprint density at radius 1 is 1.60 bits per heavy atom. The van der Waals surface area contributed by atoms with Crippen molar-refractivity contribution in [2.45, 2.75) is 39.7 Å². The lowest BCUT2D eigenvalue weighted by Gasteiger charge is -2.07. The summed E-state index contributed by atoms with van der Waals surface area (Å²) < 4.78 is 1.85. The van der Waals surface area contributed by atoms with Crippen LogP contribution < -0.4 is 0 Å². The molecule has 1 aromatic heterocycles. The molecule has 1 heterocycles. The summed E-state index contributed by atoms with van der Waals surface area (Å²) in [6, 6.07) is 0. The minimum absolute atomic E-state index is 0.314. The molecule has 0 aliphatic heterocycles. The van der Waals surface area contributed by atoms with Gasteiger partial charge in [-0.25, -0.2) is 9.67 Å². The van der Waals surface area contributed by atoms with Gasteiger partial charge in [-0.05, 0) is 18.8 Å². The van der Waals surface area contributed by atoms with Gasteiger partial charge in [-0.1, -0.05) is 13.8 Å². The first-order chi connectivity index (χ1) is 7.16. The maximum Gasteiger partial charge on any atom is 0.143 e. The minimum Gasteiger partial charge on any atom is -0.299 e. The van der Waals surface area contributed by atoms with Gasteiger partial charge in [0, 0.05) is 12.5 Å². The van der Waals surface area contributed by atoms with E-state index in [0.717, 1.165) is 25.2 Å². The van der Waals surface area contributed by atoms with Crippen LogP contribution in [0, 0.1) is 11.8 Å². The Labute approximate surface area is 89.7 Å². The van der Waals surface area contributed by atoms with Gasteiger partial charge in [0.1, 0.15) is 17.9 Å². The number of aromatic nitrogens is 3. The number of nitrogens with zero attached hydrogens (tertiary/aromatic N) is 3. The molecule has 0 radical (unpaired) electrons. The summed E-state index contributed by atoms with van der Waals surface area (Å²) >= 11 is 0. The number of Topliss-reactive ketones (excluding diaryl/α,β-unsaturated/α-hetero) is 1. The quantitative estimate of drug-likeness (QED) is 0.734. The summed E-state index contributed by atoms with van der Waals surface area (Å²) in [5, 5.41) is 4.14. The highest BCUT2D eigenvalue weighted by molar-refractivity contribution is 5.84. The van der Waals surface area contributed by atoms with Crippen LogP contribution in [0.25, 0.3) is 0 Å². The van der Waals surface area contributed by atoms with E-state index in [4.69, 9.17) is 0 Å². The van der Waals surface area contributed by atoms with Gasteiger partial charge in [-0.3, -0.25) is 4.79 Å². The molecule has 0 amide bonds. The second kappa shape index (κ2) is 4.13.